The summed E-state index contributed by atoms with van der Waals surface area (Å²) >= 11 is 0. The fourth-order valence-corrected chi connectivity index (χ4v) is 5.20. The third-order valence-corrected chi connectivity index (χ3v) is 7.07. The number of para-hydroxylation sites is 1. The van der Waals surface area contributed by atoms with Crippen LogP contribution in [0.3, 0.4) is 0 Å². The molecule has 2 aromatic heterocycles. The van der Waals surface area contributed by atoms with Crippen molar-refractivity contribution in [2.24, 2.45) is 0 Å². The van der Waals surface area contributed by atoms with Crippen LogP contribution >= 0.6 is 0 Å². The van der Waals surface area contributed by atoms with Crippen LogP contribution in [-0.4, -0.2) is 49.0 Å². The first kappa shape index (κ1) is 23.0. The molecule has 1 N–H and O–H groups in total. The summed E-state index contributed by atoms with van der Waals surface area (Å²) in [7, 11) is 0. The van der Waals surface area contributed by atoms with Crippen LogP contribution in [0.25, 0.3) is 11.0 Å². The van der Waals surface area contributed by atoms with E-state index < -0.39 is 5.54 Å². The number of fused-ring (bicyclic) bond motifs is 2. The molecule has 0 radical (unpaired) electrons. The maximum atomic E-state index is 14.0. The van der Waals surface area contributed by atoms with Crippen molar-refractivity contribution in [2.45, 2.75) is 44.3 Å². The van der Waals surface area contributed by atoms with E-state index in [1.807, 2.05) is 36.4 Å². The molecule has 1 aliphatic heterocycles. The van der Waals surface area contributed by atoms with Gasteiger partial charge in [-0.1, -0.05) is 36.3 Å². The molecule has 1 aliphatic carbocycles. The Labute approximate surface area is 213 Å². The summed E-state index contributed by atoms with van der Waals surface area (Å²) in [5, 5.41) is 11.4. The zero-order valence-electron chi connectivity index (χ0n) is 20.2. The van der Waals surface area contributed by atoms with E-state index in [4.69, 9.17) is 9.47 Å². The fraction of sp³-hybridized carbons (Fsp3) is 0.296. The lowest BCUT2D eigenvalue weighted by atomic mass is 9.92. The van der Waals surface area contributed by atoms with Crippen molar-refractivity contribution in [2.75, 3.05) is 12.1 Å². The van der Waals surface area contributed by atoms with Crippen LogP contribution in [0.1, 0.15) is 31.2 Å². The van der Waals surface area contributed by atoms with Crippen molar-refractivity contribution < 1.29 is 19.1 Å². The predicted molar refractivity (Wildman–Crippen MR) is 135 cm³/mol. The number of amides is 2. The number of anilines is 1. The average molecular weight is 499 g/mol. The second kappa shape index (κ2) is 9.53. The Morgan fingerprint density at radius 1 is 1.03 bits per heavy atom. The summed E-state index contributed by atoms with van der Waals surface area (Å²) in [5.41, 5.74) is 1.91. The number of hydrogen-bond donors (Lipinski definition) is 1. The fourth-order valence-electron chi connectivity index (χ4n) is 5.20. The Balaban J connectivity index is 1.33. The molecule has 6 rings (SSSR count). The van der Waals surface area contributed by atoms with Gasteiger partial charge in [-0.05, 0) is 48.7 Å². The number of rotatable bonds is 7. The molecule has 3 heterocycles. The molecular formula is C27H26N6O4. The Morgan fingerprint density at radius 2 is 1.86 bits per heavy atom. The second-order valence-electron chi connectivity index (χ2n) is 9.34. The van der Waals surface area contributed by atoms with Gasteiger partial charge in [-0.3, -0.25) is 14.6 Å². The molecule has 0 unspecified atom stereocenters. The van der Waals surface area contributed by atoms with Gasteiger partial charge in [0.2, 0.25) is 18.6 Å². The number of ether oxygens (including phenoxy) is 2. The van der Waals surface area contributed by atoms with E-state index in [9.17, 15) is 9.59 Å². The van der Waals surface area contributed by atoms with Crippen molar-refractivity contribution in [1.29, 1.82) is 0 Å². The third-order valence-electron chi connectivity index (χ3n) is 7.07. The van der Waals surface area contributed by atoms with Gasteiger partial charge in [0.1, 0.15) is 17.6 Å². The predicted octanol–water partition coefficient (Wildman–Crippen LogP) is 3.54. The molecule has 2 amide bonds. The lowest BCUT2D eigenvalue weighted by molar-refractivity contribution is -0.147. The highest BCUT2D eigenvalue weighted by atomic mass is 16.7. The van der Waals surface area contributed by atoms with E-state index in [2.05, 4.69) is 20.6 Å². The SMILES string of the molecule is O=C(Cn1nnc2ccccc21)N(Cc1cccnc1)C1(C(=O)Nc2ccc3c(c2)OCO3)CCCC1. The minimum atomic E-state index is -1.01. The van der Waals surface area contributed by atoms with Gasteiger partial charge in [0.05, 0.1) is 5.52 Å². The van der Waals surface area contributed by atoms with Crippen LogP contribution in [0.2, 0.25) is 0 Å². The van der Waals surface area contributed by atoms with Gasteiger partial charge in [-0.15, -0.1) is 5.10 Å². The van der Waals surface area contributed by atoms with Crippen LogP contribution in [-0.2, 0) is 22.7 Å². The van der Waals surface area contributed by atoms with Gasteiger partial charge >= 0.3 is 0 Å². The molecule has 1 saturated carbocycles. The number of pyridine rings is 1. The van der Waals surface area contributed by atoms with Crippen LogP contribution in [0.5, 0.6) is 11.5 Å². The van der Waals surface area contributed by atoms with Gasteiger partial charge in [0, 0.05) is 30.7 Å². The largest absolute Gasteiger partial charge is 0.454 e. The lowest BCUT2D eigenvalue weighted by Crippen LogP contribution is -2.57. The standard InChI is InChI=1S/C27H26N6O4/c34-25(17-33-22-8-2-1-7-21(22)30-31-33)32(16-19-6-5-13-28-15-19)27(11-3-4-12-27)26(35)29-20-9-10-23-24(14-20)37-18-36-23/h1-2,5-10,13-15H,3-4,11-12,16-18H2,(H,29,35). The molecule has 37 heavy (non-hydrogen) atoms. The number of aromatic nitrogens is 4. The Bertz CT molecular complexity index is 1450. The zero-order chi connectivity index (χ0) is 25.2. The number of nitrogens with zero attached hydrogens (tertiary/aromatic N) is 5. The molecular weight excluding hydrogens is 472 g/mol. The first-order valence-corrected chi connectivity index (χ1v) is 12.3. The number of benzene rings is 2. The van der Waals surface area contributed by atoms with Crippen molar-refractivity contribution >= 4 is 28.5 Å². The zero-order valence-corrected chi connectivity index (χ0v) is 20.2. The molecule has 0 atom stereocenters. The summed E-state index contributed by atoms with van der Waals surface area (Å²) in [4.78, 5) is 33.8. The lowest BCUT2D eigenvalue weighted by Gasteiger charge is -2.40. The molecule has 0 bridgehead atoms. The molecule has 1 fully saturated rings. The first-order chi connectivity index (χ1) is 18.1. The van der Waals surface area contributed by atoms with E-state index in [0.29, 0.717) is 35.5 Å². The maximum Gasteiger partial charge on any atom is 0.250 e. The molecule has 2 aromatic carbocycles. The highest BCUT2D eigenvalue weighted by Crippen LogP contribution is 2.39. The van der Waals surface area contributed by atoms with Gasteiger partial charge in [-0.2, -0.15) is 0 Å². The molecule has 2 aliphatic rings. The normalized spacial score (nSPS) is 15.6. The van der Waals surface area contributed by atoms with Crippen LogP contribution < -0.4 is 14.8 Å². The highest BCUT2D eigenvalue weighted by molar-refractivity contribution is 6.01. The quantitative estimate of drug-likeness (QED) is 0.415. The van der Waals surface area contributed by atoms with Gasteiger partial charge in [0.25, 0.3) is 0 Å². The third kappa shape index (κ3) is 4.35. The average Bonchev–Trinajstić information content (AvgIpc) is 3.68. The van der Waals surface area contributed by atoms with Crippen molar-refractivity contribution in [3.05, 3.63) is 72.6 Å². The van der Waals surface area contributed by atoms with E-state index >= 15 is 0 Å². The van der Waals surface area contributed by atoms with Gasteiger partial charge in [-0.25, -0.2) is 4.68 Å². The molecule has 0 saturated heterocycles. The molecule has 10 heteroatoms. The van der Waals surface area contributed by atoms with Crippen LogP contribution in [0.4, 0.5) is 5.69 Å². The van der Waals surface area contributed by atoms with E-state index in [1.165, 1.54) is 0 Å². The Hall–Kier alpha value is -4.47. The summed E-state index contributed by atoms with van der Waals surface area (Å²) < 4.78 is 12.4. The molecule has 0 spiro atoms. The number of carbonyl (C=O) groups is 2. The first-order valence-electron chi connectivity index (χ1n) is 12.3. The van der Waals surface area contributed by atoms with Crippen molar-refractivity contribution in [1.82, 2.24) is 24.9 Å². The van der Waals surface area contributed by atoms with Gasteiger partial charge < -0.3 is 19.7 Å². The Morgan fingerprint density at radius 3 is 2.70 bits per heavy atom. The number of nitrogens with one attached hydrogen (secondary N) is 1. The van der Waals surface area contributed by atoms with Crippen molar-refractivity contribution in [3.63, 3.8) is 0 Å². The maximum absolute atomic E-state index is 14.0. The minimum absolute atomic E-state index is 0.0279. The van der Waals surface area contributed by atoms with Gasteiger partial charge in [0.15, 0.2) is 11.5 Å². The van der Waals surface area contributed by atoms with Crippen LogP contribution in [0.15, 0.2) is 67.0 Å². The van der Waals surface area contributed by atoms with E-state index in [-0.39, 0.29) is 31.7 Å². The second-order valence-corrected chi connectivity index (χ2v) is 9.34. The Kier molecular flexibility index (Phi) is 5.91. The van der Waals surface area contributed by atoms with Crippen molar-refractivity contribution in [3.8, 4) is 11.5 Å². The minimum Gasteiger partial charge on any atom is -0.454 e. The molecule has 4 aromatic rings. The summed E-state index contributed by atoms with van der Waals surface area (Å²) in [6, 6.07) is 16.5. The number of carbonyl (C=O) groups excluding carboxylic acids is 2. The summed E-state index contributed by atoms with van der Waals surface area (Å²) in [6.07, 6.45) is 6.23. The summed E-state index contributed by atoms with van der Waals surface area (Å²) in [5.74, 6) is 0.799. The van der Waals surface area contributed by atoms with Crippen LogP contribution in [0, 0.1) is 0 Å². The summed E-state index contributed by atoms with van der Waals surface area (Å²) in [6.45, 7) is 0.384. The highest BCUT2D eigenvalue weighted by Gasteiger charge is 2.48. The molecule has 10 nitrogen and oxygen atoms in total. The number of hydrogen-bond acceptors (Lipinski definition) is 7. The van der Waals surface area contributed by atoms with E-state index in [0.717, 1.165) is 23.9 Å². The molecule has 188 valence electrons. The smallest absolute Gasteiger partial charge is 0.250 e. The topological polar surface area (TPSA) is 111 Å². The monoisotopic (exact) mass is 498 g/mol. The van der Waals surface area contributed by atoms with E-state index in [1.54, 1.807) is 40.2 Å².